The minimum Gasteiger partial charge on any atom is -0.383 e. The van der Waals surface area contributed by atoms with Crippen LogP contribution in [0.3, 0.4) is 0 Å². The summed E-state index contributed by atoms with van der Waals surface area (Å²) in [5.74, 6) is 0.190. The number of aromatic nitrogens is 1. The van der Waals surface area contributed by atoms with Gasteiger partial charge in [-0.1, -0.05) is 18.2 Å². The molecular formula is C16H21N3O. The molecule has 0 atom stereocenters. The van der Waals surface area contributed by atoms with Gasteiger partial charge in [-0.15, -0.1) is 0 Å². The number of carbonyl (C=O) groups is 1. The largest absolute Gasteiger partial charge is 0.383 e. The third kappa shape index (κ3) is 3.26. The lowest BCUT2D eigenvalue weighted by Gasteiger charge is -2.18. The fourth-order valence-corrected chi connectivity index (χ4v) is 2.29. The molecule has 2 aromatic rings. The van der Waals surface area contributed by atoms with Gasteiger partial charge >= 0.3 is 0 Å². The number of carbonyl (C=O) groups excluding carboxylic acids is 1. The molecule has 1 aromatic heterocycles. The Morgan fingerprint density at radius 3 is 2.70 bits per heavy atom. The van der Waals surface area contributed by atoms with Crippen molar-refractivity contribution in [1.82, 2.24) is 9.88 Å². The van der Waals surface area contributed by atoms with E-state index in [9.17, 15) is 4.79 Å². The molecule has 0 aliphatic rings. The lowest BCUT2D eigenvalue weighted by atomic mass is 10.2. The van der Waals surface area contributed by atoms with Gasteiger partial charge in [-0.25, -0.2) is 0 Å². The van der Waals surface area contributed by atoms with Crippen molar-refractivity contribution >= 4 is 22.5 Å². The molecular weight excluding hydrogens is 250 g/mol. The molecule has 20 heavy (non-hydrogen) atoms. The zero-order chi connectivity index (χ0) is 14.4. The topological polar surface area (TPSA) is 45.2 Å². The predicted octanol–water partition coefficient (Wildman–Crippen LogP) is 2.91. The van der Waals surface area contributed by atoms with Crippen molar-refractivity contribution in [3.63, 3.8) is 0 Å². The first-order chi connectivity index (χ1) is 9.76. The molecule has 0 radical (unpaired) electrons. The number of anilines is 1. The van der Waals surface area contributed by atoms with Crippen LogP contribution in [0.5, 0.6) is 0 Å². The number of pyridine rings is 1. The zero-order valence-electron chi connectivity index (χ0n) is 12.1. The van der Waals surface area contributed by atoms with Crippen LogP contribution in [-0.4, -0.2) is 35.4 Å². The van der Waals surface area contributed by atoms with E-state index in [2.05, 4.69) is 10.3 Å². The summed E-state index contributed by atoms with van der Waals surface area (Å²) < 4.78 is 0. The molecule has 0 spiro atoms. The van der Waals surface area contributed by atoms with E-state index in [4.69, 9.17) is 0 Å². The predicted molar refractivity (Wildman–Crippen MR) is 82.8 cm³/mol. The maximum Gasteiger partial charge on any atom is 0.224 e. The Morgan fingerprint density at radius 2 is 1.95 bits per heavy atom. The number of rotatable bonds is 6. The van der Waals surface area contributed by atoms with Gasteiger partial charge in [-0.3, -0.25) is 9.78 Å². The molecule has 0 saturated heterocycles. The second kappa shape index (κ2) is 6.89. The van der Waals surface area contributed by atoms with Crippen molar-refractivity contribution < 1.29 is 4.79 Å². The Labute approximate surface area is 119 Å². The van der Waals surface area contributed by atoms with Crippen molar-refractivity contribution in [3.8, 4) is 0 Å². The summed E-state index contributed by atoms with van der Waals surface area (Å²) in [5.41, 5.74) is 1.93. The molecule has 0 saturated carbocycles. The summed E-state index contributed by atoms with van der Waals surface area (Å²) in [6, 6.07) is 9.99. The maximum absolute atomic E-state index is 11.9. The lowest BCUT2D eigenvalue weighted by Crippen LogP contribution is -2.31. The number of hydrogen-bond donors (Lipinski definition) is 1. The Kier molecular flexibility index (Phi) is 4.93. The van der Waals surface area contributed by atoms with Crippen LogP contribution >= 0.6 is 0 Å². The van der Waals surface area contributed by atoms with Gasteiger partial charge in [0.1, 0.15) is 0 Å². The number of nitrogens with zero attached hydrogens (tertiary/aromatic N) is 2. The van der Waals surface area contributed by atoms with E-state index in [1.807, 2.05) is 49.1 Å². The summed E-state index contributed by atoms with van der Waals surface area (Å²) in [7, 11) is 0. The highest BCUT2D eigenvalue weighted by Gasteiger charge is 2.09. The highest BCUT2D eigenvalue weighted by Crippen LogP contribution is 2.20. The number of benzene rings is 1. The van der Waals surface area contributed by atoms with E-state index in [-0.39, 0.29) is 5.91 Å². The summed E-state index contributed by atoms with van der Waals surface area (Å²) >= 11 is 0. The minimum atomic E-state index is 0.190. The normalized spacial score (nSPS) is 10.5. The summed E-state index contributed by atoms with van der Waals surface area (Å²) in [5, 5.41) is 4.42. The van der Waals surface area contributed by atoms with Gasteiger partial charge < -0.3 is 10.2 Å². The van der Waals surface area contributed by atoms with Gasteiger partial charge in [0.2, 0.25) is 5.91 Å². The van der Waals surface area contributed by atoms with Gasteiger partial charge in [0.05, 0.1) is 11.2 Å². The van der Waals surface area contributed by atoms with Crippen molar-refractivity contribution in [2.24, 2.45) is 0 Å². The van der Waals surface area contributed by atoms with Crippen LogP contribution in [0.25, 0.3) is 10.9 Å². The average Bonchev–Trinajstić information content (AvgIpc) is 2.49. The molecule has 1 amide bonds. The number of fused-ring (bicyclic) bond motifs is 1. The van der Waals surface area contributed by atoms with Crippen molar-refractivity contribution in [1.29, 1.82) is 0 Å². The zero-order valence-corrected chi connectivity index (χ0v) is 12.1. The molecule has 1 aromatic carbocycles. The number of amides is 1. The molecule has 0 fully saturated rings. The van der Waals surface area contributed by atoms with Gasteiger partial charge in [0.15, 0.2) is 0 Å². The van der Waals surface area contributed by atoms with Crippen LogP contribution in [-0.2, 0) is 4.79 Å². The highest BCUT2D eigenvalue weighted by atomic mass is 16.2. The number of hydrogen-bond acceptors (Lipinski definition) is 3. The Balaban J connectivity index is 1.98. The van der Waals surface area contributed by atoms with Crippen LogP contribution in [0, 0.1) is 0 Å². The van der Waals surface area contributed by atoms with Gasteiger partial charge in [0, 0.05) is 37.6 Å². The van der Waals surface area contributed by atoms with Crippen LogP contribution < -0.4 is 5.32 Å². The first-order valence-corrected chi connectivity index (χ1v) is 7.11. The molecule has 4 heteroatoms. The third-order valence-electron chi connectivity index (χ3n) is 3.40. The van der Waals surface area contributed by atoms with E-state index in [1.54, 1.807) is 6.20 Å². The summed E-state index contributed by atoms with van der Waals surface area (Å²) in [4.78, 5) is 18.2. The molecule has 4 nitrogen and oxygen atoms in total. The Morgan fingerprint density at radius 1 is 1.20 bits per heavy atom. The first kappa shape index (κ1) is 14.3. The van der Waals surface area contributed by atoms with Crippen LogP contribution in [0.4, 0.5) is 5.69 Å². The van der Waals surface area contributed by atoms with Crippen LogP contribution in [0.2, 0.25) is 0 Å². The molecule has 0 aliphatic heterocycles. The Bertz CT molecular complexity index is 573. The van der Waals surface area contributed by atoms with Gasteiger partial charge in [-0.05, 0) is 26.0 Å². The standard InChI is InChI=1S/C16H21N3O/c1-3-19(4-2)15(20)10-12-17-14-9-5-7-13-8-6-11-18-16(13)14/h5-9,11,17H,3-4,10,12H2,1-2H3. The van der Waals surface area contributed by atoms with E-state index >= 15 is 0 Å². The van der Waals surface area contributed by atoms with Crippen molar-refractivity contribution in [2.45, 2.75) is 20.3 Å². The van der Waals surface area contributed by atoms with Gasteiger partial charge in [0.25, 0.3) is 0 Å². The van der Waals surface area contributed by atoms with Crippen molar-refractivity contribution in [3.05, 3.63) is 36.5 Å². The van der Waals surface area contributed by atoms with E-state index < -0.39 is 0 Å². The smallest absolute Gasteiger partial charge is 0.224 e. The number of para-hydroxylation sites is 1. The lowest BCUT2D eigenvalue weighted by molar-refractivity contribution is -0.130. The molecule has 0 bridgehead atoms. The summed E-state index contributed by atoms with van der Waals surface area (Å²) in [6.45, 7) is 6.17. The fourth-order valence-electron chi connectivity index (χ4n) is 2.29. The second-order valence-corrected chi connectivity index (χ2v) is 4.62. The van der Waals surface area contributed by atoms with Crippen LogP contribution in [0.15, 0.2) is 36.5 Å². The monoisotopic (exact) mass is 271 g/mol. The van der Waals surface area contributed by atoms with E-state index in [0.717, 1.165) is 29.7 Å². The molecule has 0 unspecified atom stereocenters. The fraction of sp³-hybridized carbons (Fsp3) is 0.375. The Hall–Kier alpha value is -2.10. The average molecular weight is 271 g/mol. The SMILES string of the molecule is CCN(CC)C(=O)CCNc1cccc2cccnc12. The molecule has 0 aliphatic carbocycles. The molecule has 2 rings (SSSR count). The number of nitrogens with one attached hydrogen (secondary N) is 1. The van der Waals surface area contributed by atoms with Crippen molar-refractivity contribution in [2.75, 3.05) is 25.0 Å². The van der Waals surface area contributed by atoms with E-state index in [1.165, 1.54) is 0 Å². The molecule has 1 N–H and O–H groups in total. The highest BCUT2D eigenvalue weighted by molar-refractivity contribution is 5.90. The quantitative estimate of drug-likeness (QED) is 0.878. The third-order valence-corrected chi connectivity index (χ3v) is 3.40. The minimum absolute atomic E-state index is 0.190. The summed E-state index contributed by atoms with van der Waals surface area (Å²) in [6.07, 6.45) is 2.29. The molecule has 1 heterocycles. The van der Waals surface area contributed by atoms with Gasteiger partial charge in [-0.2, -0.15) is 0 Å². The first-order valence-electron chi connectivity index (χ1n) is 7.11. The van der Waals surface area contributed by atoms with E-state index in [0.29, 0.717) is 13.0 Å². The maximum atomic E-state index is 11.9. The second-order valence-electron chi connectivity index (χ2n) is 4.62. The van der Waals surface area contributed by atoms with Crippen LogP contribution in [0.1, 0.15) is 20.3 Å². The molecule has 106 valence electrons.